The fourth-order valence-electron chi connectivity index (χ4n) is 10.7. The van der Waals surface area contributed by atoms with Gasteiger partial charge in [-0.1, -0.05) is 225 Å². The third kappa shape index (κ3) is 22.5. The highest BCUT2D eigenvalue weighted by Gasteiger charge is 2.40. The first kappa shape index (κ1) is 52.2. The molecule has 2 aromatic rings. The zero-order valence-corrected chi connectivity index (χ0v) is 41.6. The van der Waals surface area contributed by atoms with E-state index in [1.165, 1.54) is 243 Å². The molecule has 6 heteroatoms. The molecule has 63 heavy (non-hydrogen) atoms. The van der Waals surface area contributed by atoms with E-state index in [2.05, 4.69) is 16.7 Å². The van der Waals surface area contributed by atoms with Crippen molar-refractivity contribution in [2.24, 2.45) is 4.99 Å². The van der Waals surface area contributed by atoms with Crippen LogP contribution in [0, 0.1) is 0 Å². The standard InChI is InChI=1S/C57H96N2O3S/c60-56(52-39-40-54-51(48-52)41-46-62-54)58-55-49-57(43-47-63-57)42-35-33-31-29-27-25-23-21-19-17-15-13-11-9-7-5-3-1-2-4-6-8-10-12-14-16-18-20-22-24-26-28-30-32-34-36-44-59(55)50-53-38-37-45-61-53/h39-41,46,48,53H,1-38,42-45,47,49-50H2. The van der Waals surface area contributed by atoms with Crippen LogP contribution in [0.15, 0.2) is 39.9 Å². The van der Waals surface area contributed by atoms with Crippen molar-refractivity contribution in [1.29, 1.82) is 0 Å². The lowest BCUT2D eigenvalue weighted by Gasteiger charge is -2.43. The second kappa shape index (κ2) is 33.6. The van der Waals surface area contributed by atoms with E-state index in [0.29, 0.717) is 5.56 Å². The number of hydrogen-bond acceptors (Lipinski definition) is 4. The van der Waals surface area contributed by atoms with E-state index in [0.717, 1.165) is 62.2 Å². The molecule has 2 atom stereocenters. The van der Waals surface area contributed by atoms with Crippen LogP contribution in [0.3, 0.4) is 0 Å². The van der Waals surface area contributed by atoms with Crippen LogP contribution in [0.2, 0.25) is 0 Å². The second-order valence-corrected chi connectivity index (χ2v) is 22.1. The maximum atomic E-state index is 14.0. The molecule has 4 heterocycles. The predicted octanol–water partition coefficient (Wildman–Crippen LogP) is 18.2. The summed E-state index contributed by atoms with van der Waals surface area (Å²) in [4.78, 5) is 21.6. The number of nitrogens with zero attached hydrogens (tertiary/aromatic N) is 2. The maximum Gasteiger partial charge on any atom is 0.278 e. The Morgan fingerprint density at radius 2 is 1.02 bits per heavy atom. The van der Waals surface area contributed by atoms with Crippen LogP contribution in [-0.2, 0) is 4.74 Å². The van der Waals surface area contributed by atoms with Gasteiger partial charge in [0.1, 0.15) is 11.4 Å². The van der Waals surface area contributed by atoms with Crippen molar-refractivity contribution in [3.8, 4) is 0 Å². The molecule has 3 fully saturated rings. The van der Waals surface area contributed by atoms with Gasteiger partial charge in [0.05, 0.1) is 12.4 Å². The summed E-state index contributed by atoms with van der Waals surface area (Å²) in [6.07, 6.45) is 58.5. The molecule has 1 aromatic heterocycles. The van der Waals surface area contributed by atoms with Crippen LogP contribution in [-0.4, -0.2) is 52.9 Å². The first-order chi connectivity index (χ1) is 31.2. The van der Waals surface area contributed by atoms with Gasteiger partial charge in [-0.2, -0.15) is 16.8 Å². The maximum absolute atomic E-state index is 14.0. The zero-order chi connectivity index (χ0) is 43.7. The monoisotopic (exact) mass is 889 g/mol. The van der Waals surface area contributed by atoms with E-state index in [1.807, 2.05) is 24.3 Å². The summed E-state index contributed by atoms with van der Waals surface area (Å²) < 4.78 is 12.0. The van der Waals surface area contributed by atoms with E-state index in [1.54, 1.807) is 6.26 Å². The van der Waals surface area contributed by atoms with Gasteiger partial charge in [-0.15, -0.1) is 0 Å². The molecule has 3 aliphatic heterocycles. The summed E-state index contributed by atoms with van der Waals surface area (Å²) in [5.74, 6) is 2.12. The molecule has 358 valence electrons. The van der Waals surface area contributed by atoms with Gasteiger partial charge < -0.3 is 14.1 Å². The zero-order valence-electron chi connectivity index (χ0n) is 40.8. The molecule has 1 aromatic carbocycles. The lowest BCUT2D eigenvalue weighted by atomic mass is 9.91. The Morgan fingerprint density at radius 1 is 0.571 bits per heavy atom. The Balaban J connectivity index is 1.10. The summed E-state index contributed by atoms with van der Waals surface area (Å²) in [7, 11) is 0. The lowest BCUT2D eigenvalue weighted by Crippen LogP contribution is -2.45. The minimum Gasteiger partial charge on any atom is -0.464 e. The van der Waals surface area contributed by atoms with Gasteiger partial charge in [0.15, 0.2) is 0 Å². The number of aliphatic imine (C=N–C) groups is 1. The van der Waals surface area contributed by atoms with Crippen molar-refractivity contribution in [3.63, 3.8) is 0 Å². The number of furan rings is 1. The number of carbonyl (C=O) groups excluding carboxylic acids is 1. The molecule has 3 saturated heterocycles. The summed E-state index contributed by atoms with van der Waals surface area (Å²) in [5.41, 5.74) is 1.47. The number of rotatable bonds is 3. The van der Waals surface area contributed by atoms with Gasteiger partial charge in [-0.3, -0.25) is 4.79 Å². The van der Waals surface area contributed by atoms with Crippen LogP contribution in [0.1, 0.15) is 274 Å². The van der Waals surface area contributed by atoms with E-state index < -0.39 is 0 Å². The van der Waals surface area contributed by atoms with Gasteiger partial charge in [-0.25, -0.2) is 0 Å². The molecular weight excluding hydrogens is 793 g/mol. The van der Waals surface area contributed by atoms with Gasteiger partial charge in [0.2, 0.25) is 0 Å². The third-order valence-electron chi connectivity index (χ3n) is 15.0. The third-order valence-corrected chi connectivity index (χ3v) is 16.6. The highest BCUT2D eigenvalue weighted by molar-refractivity contribution is 8.02. The number of hydrogen-bond donors (Lipinski definition) is 0. The molecule has 0 aliphatic carbocycles. The topological polar surface area (TPSA) is 55.0 Å². The number of amidine groups is 1. The number of ether oxygens (including phenoxy) is 1. The lowest BCUT2D eigenvalue weighted by molar-refractivity contribution is 0.0892. The molecule has 3 aliphatic rings. The Morgan fingerprint density at radius 3 is 1.43 bits per heavy atom. The summed E-state index contributed by atoms with van der Waals surface area (Å²) in [5, 5.41) is 0.962. The van der Waals surface area contributed by atoms with Crippen LogP contribution in [0.4, 0.5) is 0 Å². The quantitative estimate of drug-likeness (QED) is 0.307. The summed E-state index contributed by atoms with van der Waals surface area (Å²) in [6, 6.07) is 7.71. The van der Waals surface area contributed by atoms with E-state index in [9.17, 15) is 4.79 Å². The Bertz CT molecular complexity index is 1460. The van der Waals surface area contributed by atoms with Crippen LogP contribution in [0.5, 0.6) is 0 Å². The summed E-state index contributed by atoms with van der Waals surface area (Å²) in [6.45, 7) is 2.68. The minimum absolute atomic E-state index is 0.118. The second-order valence-electron chi connectivity index (χ2n) is 20.5. The van der Waals surface area contributed by atoms with E-state index >= 15 is 0 Å². The minimum atomic E-state index is -0.118. The molecule has 5 rings (SSSR count). The summed E-state index contributed by atoms with van der Waals surface area (Å²) >= 11 is 2.15. The Kier molecular flexibility index (Phi) is 27.9. The van der Waals surface area contributed by atoms with Crippen molar-refractivity contribution >= 4 is 34.5 Å². The van der Waals surface area contributed by atoms with E-state index in [4.69, 9.17) is 14.1 Å². The van der Waals surface area contributed by atoms with Gasteiger partial charge in [-0.05, 0) is 62.1 Å². The van der Waals surface area contributed by atoms with Gasteiger partial charge in [0, 0.05) is 41.8 Å². The average Bonchev–Trinajstić information content (AvgIpc) is 3.99. The molecule has 0 N–H and O–H groups in total. The van der Waals surface area contributed by atoms with Crippen molar-refractivity contribution < 1.29 is 13.9 Å². The van der Waals surface area contributed by atoms with Gasteiger partial charge >= 0.3 is 0 Å². The average molecular weight is 889 g/mol. The van der Waals surface area contributed by atoms with Crippen molar-refractivity contribution in [2.75, 3.05) is 25.4 Å². The fraction of sp³-hybridized carbons (Fsp3) is 0.825. The molecule has 0 radical (unpaired) electrons. The Labute approximate surface area is 392 Å². The van der Waals surface area contributed by atoms with Crippen molar-refractivity contribution in [3.05, 3.63) is 36.1 Å². The first-order valence-electron chi connectivity index (χ1n) is 27.8. The van der Waals surface area contributed by atoms with Crippen LogP contribution >= 0.6 is 11.8 Å². The van der Waals surface area contributed by atoms with Crippen molar-refractivity contribution in [1.82, 2.24) is 4.90 Å². The molecule has 5 nitrogen and oxygen atoms in total. The fourth-order valence-corrected chi connectivity index (χ4v) is 12.0. The number of thioether (sulfide) groups is 1. The molecular formula is C57H96N2O3S. The van der Waals surface area contributed by atoms with Gasteiger partial charge in [0.25, 0.3) is 5.91 Å². The number of amides is 1. The largest absolute Gasteiger partial charge is 0.464 e. The van der Waals surface area contributed by atoms with Crippen LogP contribution < -0.4 is 0 Å². The molecule has 2 unspecified atom stereocenters. The number of carbonyl (C=O) groups is 1. The highest BCUT2D eigenvalue weighted by atomic mass is 32.2. The molecule has 0 saturated carbocycles. The number of fused-ring (bicyclic) bond motifs is 1. The van der Waals surface area contributed by atoms with E-state index in [-0.39, 0.29) is 16.8 Å². The Hall–Kier alpha value is -1.79. The number of benzene rings is 1. The normalized spacial score (nSPS) is 26.4. The first-order valence-corrected chi connectivity index (χ1v) is 28.8. The van der Waals surface area contributed by atoms with Crippen LogP contribution in [0.25, 0.3) is 11.0 Å². The van der Waals surface area contributed by atoms with Crippen molar-refractivity contribution in [2.45, 2.75) is 274 Å². The predicted molar refractivity (Wildman–Crippen MR) is 274 cm³/mol. The molecule has 1 amide bonds. The smallest absolute Gasteiger partial charge is 0.278 e. The molecule has 0 bridgehead atoms. The SMILES string of the molecule is O=C(N=C1CC2(CCCCCCCCCCCCCCCCCCCCCCCCCCCCCCCCCCCCCCN1CC1CCCO1)CCS2)c1ccc2occc2c1. The molecule has 1 spiro atoms. The highest BCUT2D eigenvalue weighted by Crippen LogP contribution is 2.48.